The fourth-order valence-corrected chi connectivity index (χ4v) is 6.73. The van der Waals surface area contributed by atoms with Gasteiger partial charge in [-0.2, -0.15) is 0 Å². The van der Waals surface area contributed by atoms with Gasteiger partial charge in [-0.15, -0.1) is 11.3 Å². The minimum absolute atomic E-state index is 0.255. The van der Waals surface area contributed by atoms with Crippen LogP contribution in [0.3, 0.4) is 0 Å². The van der Waals surface area contributed by atoms with Gasteiger partial charge >= 0.3 is 5.97 Å². The van der Waals surface area contributed by atoms with Crippen LogP contribution in [0.5, 0.6) is 5.75 Å². The lowest BCUT2D eigenvalue weighted by Gasteiger charge is -2.25. The second-order valence-corrected chi connectivity index (χ2v) is 11.9. The second-order valence-electron chi connectivity index (χ2n) is 10.7. The molecule has 0 saturated heterocycles. The molecule has 1 aliphatic rings. The summed E-state index contributed by atoms with van der Waals surface area (Å²) in [5, 5.41) is 0.976. The predicted octanol–water partition coefficient (Wildman–Crippen LogP) is 8.58. The van der Waals surface area contributed by atoms with Gasteiger partial charge in [0.2, 0.25) is 0 Å². The Kier molecular flexibility index (Phi) is 8.33. The smallest absolute Gasteiger partial charge is 0.338 e. The van der Waals surface area contributed by atoms with Gasteiger partial charge < -0.3 is 14.0 Å². The zero-order chi connectivity index (χ0) is 29.1. The molecule has 5 aromatic rings. The molecule has 216 valence electrons. The fourth-order valence-electron chi connectivity index (χ4n) is 5.79. The molecule has 0 unspecified atom stereocenters. The van der Waals surface area contributed by atoms with E-state index >= 15 is 0 Å². The summed E-state index contributed by atoms with van der Waals surface area (Å²) in [5.74, 6) is 1.12. The van der Waals surface area contributed by atoms with Gasteiger partial charge in [0.05, 0.1) is 40.5 Å². The monoisotopic (exact) mass is 583 g/mol. The molecule has 1 fully saturated rings. The Morgan fingerprint density at radius 1 is 0.976 bits per heavy atom. The van der Waals surface area contributed by atoms with Crippen LogP contribution < -0.4 is 4.74 Å². The summed E-state index contributed by atoms with van der Waals surface area (Å²) in [6.07, 6.45) is 6.63. The number of esters is 1. The Labute approximate surface area is 249 Å². The van der Waals surface area contributed by atoms with E-state index < -0.39 is 0 Å². The van der Waals surface area contributed by atoms with Crippen molar-refractivity contribution in [2.45, 2.75) is 58.4 Å². The van der Waals surface area contributed by atoms with Crippen LogP contribution in [0.1, 0.15) is 65.3 Å². The first-order chi connectivity index (χ1) is 20.5. The quantitative estimate of drug-likeness (QED) is 0.163. The van der Waals surface area contributed by atoms with E-state index in [0.29, 0.717) is 31.2 Å². The Hall–Kier alpha value is -4.04. The maximum Gasteiger partial charge on any atom is 0.338 e. The number of rotatable bonds is 9. The van der Waals surface area contributed by atoms with Crippen molar-refractivity contribution in [2.24, 2.45) is 0 Å². The third-order valence-corrected chi connectivity index (χ3v) is 8.80. The number of aryl methyl sites for hydroxylation is 1. The molecule has 1 saturated carbocycles. The maximum atomic E-state index is 13.4. The average Bonchev–Trinajstić information content (AvgIpc) is 3.58. The SMILES string of the molecule is CCOC(=O)c1ccc2c(c1)nc(-c1ccc(OCCc3sc(C)nc3-c3ccc(F)cc3)cc1)n2C1CCCCC1. The molecule has 8 heteroatoms. The first-order valence-electron chi connectivity index (χ1n) is 14.6. The standard InChI is InChI=1S/C34H34FN3O3S/c1-3-40-34(39)25-13-18-30-29(21-25)37-33(38(30)27-7-5-4-6-8-27)24-11-16-28(17-12-24)41-20-19-31-32(36-22(2)42-31)23-9-14-26(35)15-10-23/h9-18,21,27H,3-8,19-20H2,1-2H3. The Bertz CT molecular complexity index is 1690. The first-order valence-corrected chi connectivity index (χ1v) is 15.5. The van der Waals surface area contributed by atoms with Crippen LogP contribution in [-0.2, 0) is 11.2 Å². The number of thiazole rings is 1. The summed E-state index contributed by atoms with van der Waals surface area (Å²) < 4.78 is 27.1. The number of aromatic nitrogens is 3. The molecule has 0 N–H and O–H groups in total. The number of ether oxygens (including phenoxy) is 2. The number of hydrogen-bond donors (Lipinski definition) is 0. The highest BCUT2D eigenvalue weighted by molar-refractivity contribution is 7.12. The average molecular weight is 584 g/mol. The van der Waals surface area contributed by atoms with Crippen molar-refractivity contribution in [1.82, 2.24) is 14.5 Å². The maximum absolute atomic E-state index is 13.4. The van der Waals surface area contributed by atoms with Gasteiger partial charge in [0.1, 0.15) is 17.4 Å². The molecule has 0 radical (unpaired) electrons. The molecule has 6 rings (SSSR count). The van der Waals surface area contributed by atoms with Crippen molar-refractivity contribution in [3.05, 3.63) is 88.0 Å². The van der Waals surface area contributed by atoms with E-state index in [-0.39, 0.29) is 11.8 Å². The number of fused-ring (bicyclic) bond motifs is 1. The molecule has 6 nitrogen and oxygen atoms in total. The zero-order valence-electron chi connectivity index (χ0n) is 23.9. The van der Waals surface area contributed by atoms with E-state index in [4.69, 9.17) is 14.5 Å². The van der Waals surface area contributed by atoms with E-state index in [2.05, 4.69) is 21.7 Å². The van der Waals surface area contributed by atoms with Gasteiger partial charge in [-0.25, -0.2) is 19.2 Å². The van der Waals surface area contributed by atoms with E-state index in [1.807, 2.05) is 44.2 Å². The van der Waals surface area contributed by atoms with E-state index in [9.17, 15) is 9.18 Å². The molecule has 3 aromatic carbocycles. The number of nitrogens with zero attached hydrogens (tertiary/aromatic N) is 3. The molecule has 2 aromatic heterocycles. The summed E-state index contributed by atoms with van der Waals surface area (Å²) in [5.41, 5.74) is 5.19. The highest BCUT2D eigenvalue weighted by atomic mass is 32.1. The topological polar surface area (TPSA) is 66.2 Å². The van der Waals surface area contributed by atoms with Crippen LogP contribution >= 0.6 is 11.3 Å². The van der Waals surface area contributed by atoms with Crippen LogP contribution in [0.2, 0.25) is 0 Å². The van der Waals surface area contributed by atoms with E-state index in [1.165, 1.54) is 31.4 Å². The summed E-state index contributed by atoms with van der Waals surface area (Å²) in [6, 6.07) is 20.6. The van der Waals surface area contributed by atoms with Crippen LogP contribution in [-0.4, -0.2) is 33.7 Å². The van der Waals surface area contributed by atoms with Gasteiger partial charge in [-0.1, -0.05) is 19.3 Å². The van der Waals surface area contributed by atoms with Crippen LogP contribution in [0.15, 0.2) is 66.7 Å². The number of hydrogen-bond acceptors (Lipinski definition) is 6. The van der Waals surface area contributed by atoms with Gasteiger partial charge in [0.15, 0.2) is 0 Å². The van der Waals surface area contributed by atoms with Gasteiger partial charge in [0.25, 0.3) is 0 Å². The third-order valence-electron chi connectivity index (χ3n) is 7.77. The van der Waals surface area contributed by atoms with Crippen molar-refractivity contribution in [3.63, 3.8) is 0 Å². The van der Waals surface area contributed by atoms with Crippen molar-refractivity contribution >= 4 is 28.3 Å². The molecule has 0 aliphatic heterocycles. The van der Waals surface area contributed by atoms with Crippen molar-refractivity contribution in [1.29, 1.82) is 0 Å². The highest BCUT2D eigenvalue weighted by Gasteiger charge is 2.23. The summed E-state index contributed by atoms with van der Waals surface area (Å²) in [6.45, 7) is 4.64. The van der Waals surface area contributed by atoms with E-state index in [1.54, 1.807) is 23.5 Å². The Morgan fingerprint density at radius 3 is 2.45 bits per heavy atom. The van der Waals surface area contributed by atoms with Gasteiger partial charge in [-0.3, -0.25) is 0 Å². The highest BCUT2D eigenvalue weighted by Crippen LogP contribution is 2.37. The van der Waals surface area contributed by atoms with Crippen LogP contribution in [0.25, 0.3) is 33.7 Å². The number of imidazole rings is 1. The largest absolute Gasteiger partial charge is 0.493 e. The minimum atomic E-state index is -0.326. The summed E-state index contributed by atoms with van der Waals surface area (Å²) in [4.78, 5) is 23.2. The Morgan fingerprint density at radius 2 is 1.71 bits per heavy atom. The Balaban J connectivity index is 1.21. The molecular formula is C34H34FN3O3S. The lowest BCUT2D eigenvalue weighted by Crippen LogP contribution is -2.14. The lowest BCUT2D eigenvalue weighted by atomic mass is 9.95. The molecule has 0 amide bonds. The minimum Gasteiger partial charge on any atom is -0.493 e. The number of carbonyl (C=O) groups excluding carboxylic acids is 1. The molecule has 0 bridgehead atoms. The van der Waals surface area contributed by atoms with Gasteiger partial charge in [0, 0.05) is 28.5 Å². The van der Waals surface area contributed by atoms with Gasteiger partial charge in [-0.05, 0) is 93.4 Å². The molecular weight excluding hydrogens is 549 g/mol. The van der Waals surface area contributed by atoms with Crippen molar-refractivity contribution in [2.75, 3.05) is 13.2 Å². The van der Waals surface area contributed by atoms with Crippen molar-refractivity contribution in [3.8, 4) is 28.4 Å². The fraction of sp³-hybridized carbons (Fsp3) is 0.324. The third kappa shape index (κ3) is 5.95. The van der Waals surface area contributed by atoms with Crippen molar-refractivity contribution < 1.29 is 18.7 Å². The number of halogens is 1. The predicted molar refractivity (Wildman–Crippen MR) is 165 cm³/mol. The first kappa shape index (κ1) is 28.1. The molecule has 42 heavy (non-hydrogen) atoms. The molecule has 0 spiro atoms. The van der Waals surface area contributed by atoms with Crippen LogP contribution in [0, 0.1) is 12.7 Å². The number of benzene rings is 3. The summed E-state index contributed by atoms with van der Waals surface area (Å²) >= 11 is 1.65. The summed E-state index contributed by atoms with van der Waals surface area (Å²) in [7, 11) is 0. The molecule has 0 atom stereocenters. The number of carbonyl (C=O) groups is 1. The lowest BCUT2D eigenvalue weighted by molar-refractivity contribution is 0.0526. The second kappa shape index (κ2) is 12.4. The molecule has 1 aliphatic carbocycles. The normalized spacial score (nSPS) is 13.9. The van der Waals surface area contributed by atoms with Crippen LogP contribution in [0.4, 0.5) is 4.39 Å². The van der Waals surface area contributed by atoms with E-state index in [0.717, 1.165) is 62.2 Å². The molecule has 2 heterocycles. The zero-order valence-corrected chi connectivity index (χ0v) is 24.8.